The van der Waals surface area contributed by atoms with Crippen molar-refractivity contribution >= 4 is 17.4 Å². The van der Waals surface area contributed by atoms with Crippen molar-refractivity contribution < 1.29 is 31.1 Å². The van der Waals surface area contributed by atoms with Crippen LogP contribution in [0.3, 0.4) is 0 Å². The number of hydrogen-bond donors (Lipinski definition) is 2. The van der Waals surface area contributed by atoms with E-state index < -0.39 is 59.2 Å². The fourth-order valence-electron chi connectivity index (χ4n) is 3.00. The highest BCUT2D eigenvalue weighted by atomic mass is 19.3. The van der Waals surface area contributed by atoms with Crippen LogP contribution in [-0.4, -0.2) is 29.3 Å². The first-order chi connectivity index (χ1) is 13.6. The highest BCUT2D eigenvalue weighted by molar-refractivity contribution is 6.02. The zero-order valence-corrected chi connectivity index (χ0v) is 14.7. The lowest BCUT2D eigenvalue weighted by Gasteiger charge is -2.39. The fourth-order valence-corrected chi connectivity index (χ4v) is 3.00. The largest absolute Gasteiger partial charge is 0.387 e. The van der Waals surface area contributed by atoms with Gasteiger partial charge in [0.05, 0.1) is 12.0 Å². The summed E-state index contributed by atoms with van der Waals surface area (Å²) >= 11 is 0. The van der Waals surface area contributed by atoms with Gasteiger partial charge in [-0.05, 0) is 18.2 Å². The Morgan fingerprint density at radius 3 is 2.55 bits per heavy atom. The molecule has 2 heterocycles. The number of carbonyl (C=O) groups is 1. The van der Waals surface area contributed by atoms with Gasteiger partial charge in [-0.25, -0.2) is 31.3 Å². The predicted octanol–water partition coefficient (Wildman–Crippen LogP) is 3.70. The van der Waals surface area contributed by atoms with Crippen molar-refractivity contribution in [1.82, 2.24) is 4.98 Å². The Kier molecular flexibility index (Phi) is 5.24. The van der Waals surface area contributed by atoms with E-state index in [2.05, 4.69) is 15.3 Å². The summed E-state index contributed by atoms with van der Waals surface area (Å²) in [7, 11) is 0. The molecule has 11 heteroatoms. The van der Waals surface area contributed by atoms with E-state index in [1.54, 1.807) is 0 Å². The standard InChI is InChI=1S/C18H14F6N4O/c19-8-17(18(23,24)4-3-14(25)28-17)11-5-10(6-12(21)15(11)22)27-16(29)13-2-1-9(20)7-26-13/h1-2,5-7H,3-4,8H2,(H2,25,28)(H,27,29)/t17-/m1/s1. The topological polar surface area (TPSA) is 80.4 Å². The summed E-state index contributed by atoms with van der Waals surface area (Å²) in [5.74, 6) is -9.20. The molecule has 0 fully saturated rings. The van der Waals surface area contributed by atoms with Crippen LogP contribution in [0.1, 0.15) is 28.9 Å². The molecule has 0 aliphatic carbocycles. The van der Waals surface area contributed by atoms with Gasteiger partial charge < -0.3 is 11.1 Å². The number of hydrogen-bond acceptors (Lipinski definition) is 4. The second-order valence-electron chi connectivity index (χ2n) is 6.44. The second-order valence-corrected chi connectivity index (χ2v) is 6.44. The number of amidine groups is 1. The van der Waals surface area contributed by atoms with Crippen molar-refractivity contribution in [3.05, 3.63) is 59.2 Å². The molecule has 0 spiro atoms. The van der Waals surface area contributed by atoms with E-state index in [4.69, 9.17) is 5.73 Å². The van der Waals surface area contributed by atoms with Crippen molar-refractivity contribution in [2.45, 2.75) is 24.3 Å². The lowest BCUT2D eigenvalue weighted by molar-refractivity contribution is -0.0960. The van der Waals surface area contributed by atoms with E-state index in [-0.39, 0.29) is 18.0 Å². The molecule has 3 N–H and O–H groups in total. The first kappa shape index (κ1) is 20.6. The number of carbonyl (C=O) groups excluding carboxylic acids is 1. The van der Waals surface area contributed by atoms with Crippen molar-refractivity contribution in [3.63, 3.8) is 0 Å². The lowest BCUT2D eigenvalue weighted by Crippen LogP contribution is -2.51. The zero-order valence-electron chi connectivity index (χ0n) is 14.7. The fraction of sp³-hybridized carbons (Fsp3) is 0.278. The number of nitrogens with two attached hydrogens (primary N) is 1. The molecule has 1 aliphatic heterocycles. The van der Waals surface area contributed by atoms with Gasteiger partial charge in [0.15, 0.2) is 17.2 Å². The maximum atomic E-state index is 14.6. The molecule has 0 unspecified atom stereocenters. The van der Waals surface area contributed by atoms with Gasteiger partial charge in [-0.2, -0.15) is 0 Å². The Morgan fingerprint density at radius 1 is 1.21 bits per heavy atom. The van der Waals surface area contributed by atoms with Crippen molar-refractivity contribution in [3.8, 4) is 0 Å². The van der Waals surface area contributed by atoms with Crippen LogP contribution >= 0.6 is 0 Å². The number of benzene rings is 1. The van der Waals surface area contributed by atoms with E-state index in [0.717, 1.165) is 18.3 Å². The average Bonchev–Trinajstić information content (AvgIpc) is 2.67. The van der Waals surface area contributed by atoms with Crippen LogP contribution in [0, 0.1) is 17.5 Å². The average molecular weight is 416 g/mol. The van der Waals surface area contributed by atoms with E-state index >= 15 is 0 Å². The van der Waals surface area contributed by atoms with E-state index in [1.165, 1.54) is 0 Å². The third-order valence-corrected chi connectivity index (χ3v) is 4.52. The minimum absolute atomic E-state index is 0.275. The molecular formula is C18H14F6N4O. The Labute approximate surface area is 160 Å². The van der Waals surface area contributed by atoms with Gasteiger partial charge in [0, 0.05) is 30.2 Å². The highest BCUT2D eigenvalue weighted by Crippen LogP contribution is 2.48. The number of alkyl halides is 3. The first-order valence-electron chi connectivity index (χ1n) is 8.30. The van der Waals surface area contributed by atoms with Gasteiger partial charge in [0.1, 0.15) is 18.2 Å². The molecule has 1 atom stereocenters. The molecule has 0 saturated heterocycles. The van der Waals surface area contributed by atoms with Crippen molar-refractivity contribution in [2.24, 2.45) is 10.7 Å². The number of aromatic nitrogens is 1. The van der Waals surface area contributed by atoms with E-state index in [1.807, 2.05) is 0 Å². The molecule has 1 aliphatic rings. The van der Waals surface area contributed by atoms with Gasteiger partial charge in [-0.1, -0.05) is 0 Å². The molecule has 2 aromatic rings. The van der Waals surface area contributed by atoms with Crippen LogP contribution in [-0.2, 0) is 5.54 Å². The van der Waals surface area contributed by atoms with Gasteiger partial charge in [-0.3, -0.25) is 9.79 Å². The first-order valence-corrected chi connectivity index (χ1v) is 8.30. The zero-order chi connectivity index (χ0) is 21.4. The molecule has 1 aromatic heterocycles. The smallest absolute Gasteiger partial charge is 0.280 e. The molecule has 154 valence electrons. The Morgan fingerprint density at radius 2 is 1.93 bits per heavy atom. The van der Waals surface area contributed by atoms with Crippen LogP contribution in [0.2, 0.25) is 0 Å². The minimum Gasteiger partial charge on any atom is -0.387 e. The molecular weight excluding hydrogens is 402 g/mol. The number of nitrogens with one attached hydrogen (secondary N) is 1. The summed E-state index contributed by atoms with van der Waals surface area (Å²) in [6.45, 7) is -1.85. The normalized spacial score (nSPS) is 20.8. The number of amides is 1. The third-order valence-electron chi connectivity index (χ3n) is 4.52. The Hall–Kier alpha value is -3.11. The molecule has 1 aromatic carbocycles. The number of anilines is 1. The number of aliphatic imine (C=N–C) groups is 1. The van der Waals surface area contributed by atoms with Gasteiger partial charge in [-0.15, -0.1) is 0 Å². The molecule has 0 saturated carbocycles. The van der Waals surface area contributed by atoms with Crippen LogP contribution in [0.15, 0.2) is 35.5 Å². The molecule has 0 radical (unpaired) electrons. The maximum Gasteiger partial charge on any atom is 0.280 e. The summed E-state index contributed by atoms with van der Waals surface area (Å²) in [5, 5.41) is 2.13. The van der Waals surface area contributed by atoms with Crippen LogP contribution in [0.25, 0.3) is 0 Å². The maximum absolute atomic E-state index is 14.6. The molecule has 0 bridgehead atoms. The number of halogens is 6. The van der Waals surface area contributed by atoms with Crippen molar-refractivity contribution in [2.75, 3.05) is 12.0 Å². The Bertz CT molecular complexity index is 979. The van der Waals surface area contributed by atoms with Crippen molar-refractivity contribution in [1.29, 1.82) is 0 Å². The summed E-state index contributed by atoms with van der Waals surface area (Å²) in [4.78, 5) is 19.1. The number of pyridine rings is 1. The minimum atomic E-state index is -3.86. The second kappa shape index (κ2) is 7.37. The highest BCUT2D eigenvalue weighted by Gasteiger charge is 2.58. The van der Waals surface area contributed by atoms with Crippen LogP contribution in [0.5, 0.6) is 0 Å². The summed E-state index contributed by atoms with van der Waals surface area (Å²) < 4.78 is 84.4. The predicted molar refractivity (Wildman–Crippen MR) is 92.0 cm³/mol. The molecule has 3 rings (SSSR count). The third kappa shape index (κ3) is 3.64. The van der Waals surface area contributed by atoms with Gasteiger partial charge in [0.25, 0.3) is 11.8 Å². The van der Waals surface area contributed by atoms with E-state index in [0.29, 0.717) is 12.1 Å². The van der Waals surface area contributed by atoms with Gasteiger partial charge >= 0.3 is 0 Å². The SMILES string of the molecule is NC1=N[C@](CF)(c2cc(NC(=O)c3ccc(F)cn3)cc(F)c2F)C(F)(F)CC1. The lowest BCUT2D eigenvalue weighted by atomic mass is 9.80. The number of rotatable bonds is 4. The quantitative estimate of drug-likeness (QED) is 0.746. The molecule has 5 nitrogen and oxygen atoms in total. The van der Waals surface area contributed by atoms with Crippen LogP contribution < -0.4 is 11.1 Å². The van der Waals surface area contributed by atoms with E-state index in [9.17, 15) is 31.1 Å². The van der Waals surface area contributed by atoms with Gasteiger partial charge in [0.2, 0.25) is 0 Å². The molecule has 1 amide bonds. The summed E-state index contributed by atoms with van der Waals surface area (Å²) in [6.07, 6.45) is -0.501. The Balaban J connectivity index is 2.07. The van der Waals surface area contributed by atoms with Crippen LogP contribution in [0.4, 0.5) is 32.0 Å². The summed E-state index contributed by atoms with van der Waals surface area (Å²) in [6, 6.07) is 3.15. The number of nitrogens with zero attached hydrogens (tertiary/aromatic N) is 2. The molecule has 29 heavy (non-hydrogen) atoms. The summed E-state index contributed by atoms with van der Waals surface area (Å²) in [5.41, 5.74) is 0.581. The monoisotopic (exact) mass is 416 g/mol.